The predicted molar refractivity (Wildman–Crippen MR) is 53.1 cm³/mol. The van der Waals surface area contributed by atoms with Gasteiger partial charge in [0, 0.05) is 6.42 Å². The van der Waals surface area contributed by atoms with Gasteiger partial charge in [-0.05, 0) is 11.6 Å². The maximum Gasteiger partial charge on any atom is 0.119 e. The van der Waals surface area contributed by atoms with Crippen LogP contribution >= 0.6 is 12.2 Å². The van der Waals surface area contributed by atoms with Crippen molar-refractivity contribution in [2.45, 2.75) is 6.42 Å². The Balaban J connectivity index is 4.54. The van der Waals surface area contributed by atoms with Gasteiger partial charge in [0.2, 0.25) is 0 Å². The van der Waals surface area contributed by atoms with E-state index in [0.29, 0.717) is 0 Å². The highest BCUT2D eigenvalue weighted by atomic mass is 32.1. The number of hydrogen-bond donors (Lipinski definition) is 2. The molecule has 13 heavy (non-hydrogen) atoms. The van der Waals surface area contributed by atoms with Crippen molar-refractivity contribution in [1.82, 2.24) is 5.43 Å². The Morgan fingerprint density at radius 1 is 1.46 bits per heavy atom. The summed E-state index contributed by atoms with van der Waals surface area (Å²) in [5.41, 5.74) is 2.18. The van der Waals surface area contributed by atoms with Crippen molar-refractivity contribution < 1.29 is 8.78 Å². The van der Waals surface area contributed by atoms with Gasteiger partial charge in [0.15, 0.2) is 0 Å². The monoisotopic (exact) mass is 204 g/mol. The molecular weight excluding hydrogens is 194 g/mol. The Bertz CT molecular complexity index is 271. The summed E-state index contributed by atoms with van der Waals surface area (Å²) in [5.74, 6) is 3.46. The maximum atomic E-state index is 12.6. The van der Waals surface area contributed by atoms with Gasteiger partial charge < -0.3 is 5.43 Å². The lowest BCUT2D eigenvalue weighted by Gasteiger charge is -2.04. The molecule has 0 atom stereocenters. The minimum Gasteiger partial charge on any atom is -0.318 e. The van der Waals surface area contributed by atoms with Gasteiger partial charge >= 0.3 is 0 Å². The molecule has 0 aromatic rings. The van der Waals surface area contributed by atoms with Crippen LogP contribution in [0.25, 0.3) is 0 Å². The molecule has 0 saturated heterocycles. The molecule has 5 heteroatoms. The Kier molecular flexibility index (Phi) is 5.10. The second-order valence-corrected chi connectivity index (χ2v) is 2.76. The molecule has 2 nitrogen and oxygen atoms in total. The second kappa shape index (κ2) is 5.55. The molecule has 0 bridgehead atoms. The molecule has 0 spiro atoms. The van der Waals surface area contributed by atoms with Crippen LogP contribution in [0.15, 0.2) is 36.5 Å². The van der Waals surface area contributed by atoms with Crippen molar-refractivity contribution in [3.8, 4) is 0 Å². The number of rotatable bonds is 4. The van der Waals surface area contributed by atoms with Crippen LogP contribution < -0.4 is 11.3 Å². The molecule has 0 rings (SSSR count). The Morgan fingerprint density at radius 2 is 2.00 bits per heavy atom. The summed E-state index contributed by atoms with van der Waals surface area (Å²) in [5, 5.41) is 0. The quantitative estimate of drug-likeness (QED) is 0.318. The van der Waals surface area contributed by atoms with Crippen LogP contribution in [0.1, 0.15) is 6.42 Å². The molecule has 0 aliphatic carbocycles. The second-order valence-electron chi connectivity index (χ2n) is 2.27. The average Bonchev–Trinajstić information content (AvgIpc) is 2.02. The fraction of sp³-hybridized carbons (Fsp3) is 0.125. The van der Waals surface area contributed by atoms with E-state index in [2.05, 4.69) is 30.8 Å². The van der Waals surface area contributed by atoms with Crippen LogP contribution in [-0.4, -0.2) is 4.99 Å². The molecule has 0 radical (unpaired) electrons. The molecule has 0 fully saturated rings. The SMILES string of the molecule is C=C(F)/C=C(/CC(=S)NN)C(=C)F. The van der Waals surface area contributed by atoms with Crippen LogP contribution in [0.5, 0.6) is 0 Å². The minimum atomic E-state index is -0.756. The molecule has 0 saturated carbocycles. The van der Waals surface area contributed by atoms with Crippen molar-refractivity contribution in [2.24, 2.45) is 5.84 Å². The molecule has 0 aliphatic rings. The van der Waals surface area contributed by atoms with Gasteiger partial charge in [0.1, 0.15) is 11.7 Å². The van der Waals surface area contributed by atoms with Crippen molar-refractivity contribution in [3.05, 3.63) is 36.5 Å². The van der Waals surface area contributed by atoms with Crippen LogP contribution in [0.3, 0.4) is 0 Å². The predicted octanol–water partition coefficient (Wildman–Crippen LogP) is 2.06. The third-order valence-electron chi connectivity index (χ3n) is 1.19. The normalized spacial score (nSPS) is 10.8. The van der Waals surface area contributed by atoms with E-state index in [4.69, 9.17) is 5.84 Å². The summed E-state index contributed by atoms with van der Waals surface area (Å²) in [6, 6.07) is 0. The summed E-state index contributed by atoms with van der Waals surface area (Å²) in [6.07, 6.45) is 0.927. The molecular formula is C8H10F2N2S. The van der Waals surface area contributed by atoms with E-state index in [1.165, 1.54) is 0 Å². The van der Waals surface area contributed by atoms with E-state index in [1.54, 1.807) is 0 Å². The molecule has 72 valence electrons. The molecule has 3 N–H and O–H groups in total. The van der Waals surface area contributed by atoms with E-state index >= 15 is 0 Å². The highest BCUT2D eigenvalue weighted by molar-refractivity contribution is 7.80. The number of allylic oxidation sites excluding steroid dienone is 3. The smallest absolute Gasteiger partial charge is 0.119 e. The topological polar surface area (TPSA) is 38.0 Å². The first-order valence-corrected chi connectivity index (χ1v) is 3.77. The first kappa shape index (κ1) is 11.9. The molecule has 0 unspecified atom stereocenters. The van der Waals surface area contributed by atoms with Gasteiger partial charge in [-0.15, -0.1) is 0 Å². The van der Waals surface area contributed by atoms with E-state index in [1.807, 2.05) is 0 Å². The minimum absolute atomic E-state index is 0.00407. The third-order valence-corrected chi connectivity index (χ3v) is 1.45. The van der Waals surface area contributed by atoms with Gasteiger partial charge in [-0.2, -0.15) is 0 Å². The molecule has 0 aromatic carbocycles. The van der Waals surface area contributed by atoms with Crippen LogP contribution in [0.2, 0.25) is 0 Å². The fourth-order valence-corrected chi connectivity index (χ4v) is 0.794. The van der Waals surface area contributed by atoms with E-state index in [0.717, 1.165) is 6.08 Å². The van der Waals surface area contributed by atoms with Crippen LogP contribution in [0, 0.1) is 0 Å². The first-order chi connectivity index (χ1) is 5.97. The van der Waals surface area contributed by atoms with Crippen molar-refractivity contribution in [1.29, 1.82) is 0 Å². The summed E-state index contributed by atoms with van der Waals surface area (Å²) >= 11 is 4.67. The van der Waals surface area contributed by atoms with Crippen molar-refractivity contribution in [3.63, 3.8) is 0 Å². The van der Waals surface area contributed by atoms with Gasteiger partial charge in [0.05, 0.1) is 4.99 Å². The van der Waals surface area contributed by atoms with Gasteiger partial charge in [-0.1, -0.05) is 25.4 Å². The zero-order valence-electron chi connectivity index (χ0n) is 6.94. The summed E-state index contributed by atoms with van der Waals surface area (Å²) in [6.45, 7) is 5.99. The Labute approximate surface area is 80.8 Å². The lowest BCUT2D eigenvalue weighted by molar-refractivity contribution is 0.640. The molecule has 0 amide bonds. The van der Waals surface area contributed by atoms with Crippen LogP contribution in [0.4, 0.5) is 8.78 Å². The third kappa shape index (κ3) is 5.21. The van der Waals surface area contributed by atoms with Gasteiger partial charge in [0.25, 0.3) is 0 Å². The van der Waals surface area contributed by atoms with Gasteiger partial charge in [-0.25, -0.2) is 8.78 Å². The number of hydrazine groups is 1. The number of nitrogens with one attached hydrogen (secondary N) is 1. The summed E-state index contributed by atoms with van der Waals surface area (Å²) < 4.78 is 24.9. The lowest BCUT2D eigenvalue weighted by Crippen LogP contribution is -2.28. The maximum absolute atomic E-state index is 12.6. The van der Waals surface area contributed by atoms with Crippen molar-refractivity contribution in [2.75, 3.05) is 0 Å². The average molecular weight is 204 g/mol. The van der Waals surface area contributed by atoms with E-state index in [9.17, 15) is 8.78 Å². The Morgan fingerprint density at radius 3 is 2.31 bits per heavy atom. The summed E-state index contributed by atoms with van der Waals surface area (Å²) in [4.78, 5) is 0.200. The first-order valence-electron chi connectivity index (χ1n) is 3.36. The van der Waals surface area contributed by atoms with Crippen LogP contribution in [-0.2, 0) is 0 Å². The number of hydrogen-bond acceptors (Lipinski definition) is 2. The van der Waals surface area contributed by atoms with E-state index in [-0.39, 0.29) is 17.0 Å². The number of nitrogens with two attached hydrogens (primary N) is 1. The Hall–Kier alpha value is -1.07. The van der Waals surface area contributed by atoms with Crippen molar-refractivity contribution >= 4 is 17.2 Å². The zero-order chi connectivity index (χ0) is 10.4. The molecule has 0 aliphatic heterocycles. The zero-order valence-corrected chi connectivity index (χ0v) is 7.76. The van der Waals surface area contributed by atoms with E-state index < -0.39 is 11.7 Å². The standard InChI is InChI=1S/C8H10F2N2S/c1-5(9)3-7(6(2)10)4-8(13)12-11/h3H,1-2,4,11H2,(H,12,13)/b7-3-. The largest absolute Gasteiger partial charge is 0.318 e. The highest BCUT2D eigenvalue weighted by Gasteiger charge is 2.05. The number of halogens is 2. The summed E-state index contributed by atoms with van der Waals surface area (Å²) in [7, 11) is 0. The van der Waals surface area contributed by atoms with Gasteiger partial charge in [-0.3, -0.25) is 5.84 Å². The molecule has 0 aromatic heterocycles. The number of thiocarbonyl (C=S) groups is 1. The highest BCUT2D eigenvalue weighted by Crippen LogP contribution is 2.16. The lowest BCUT2D eigenvalue weighted by atomic mass is 10.1. The fourth-order valence-electron chi connectivity index (χ4n) is 0.638. The molecule has 0 heterocycles.